The van der Waals surface area contributed by atoms with Gasteiger partial charge < -0.3 is 14.8 Å². The van der Waals surface area contributed by atoms with Crippen molar-refractivity contribution in [2.45, 2.75) is 19.8 Å². The lowest BCUT2D eigenvalue weighted by atomic mass is 10.2. The molecule has 0 spiro atoms. The lowest BCUT2D eigenvalue weighted by molar-refractivity contribution is 0.102. The molecule has 2 heterocycles. The number of carbonyl (C=O) groups is 1. The van der Waals surface area contributed by atoms with Gasteiger partial charge in [-0.25, -0.2) is 0 Å². The largest absolute Gasteiger partial charge is 0.490 e. The molecule has 0 radical (unpaired) electrons. The highest BCUT2D eigenvalue weighted by Gasteiger charge is 2.19. The minimum absolute atomic E-state index is 0.275. The highest BCUT2D eigenvalue weighted by molar-refractivity contribution is 7.08. The Kier molecular flexibility index (Phi) is 4.44. The molecule has 2 aromatic rings. The zero-order valence-electron chi connectivity index (χ0n) is 11.9. The Morgan fingerprint density at radius 3 is 2.82 bits per heavy atom. The van der Waals surface area contributed by atoms with Crippen LogP contribution < -0.4 is 14.8 Å². The molecule has 3 rings (SSSR count). The molecule has 1 aromatic carbocycles. The van der Waals surface area contributed by atoms with Gasteiger partial charge in [0.25, 0.3) is 5.91 Å². The topological polar surface area (TPSA) is 73.3 Å². The van der Waals surface area contributed by atoms with E-state index in [0.29, 0.717) is 52.4 Å². The zero-order valence-corrected chi connectivity index (χ0v) is 13.5. The Morgan fingerprint density at radius 2 is 2.09 bits per heavy atom. The highest BCUT2D eigenvalue weighted by atomic mass is 35.5. The maximum Gasteiger partial charge on any atom is 0.269 e. The molecule has 116 valence electrons. The number of nitrogens with one attached hydrogen (secondary N) is 1. The summed E-state index contributed by atoms with van der Waals surface area (Å²) in [6.45, 7) is 3.08. The van der Waals surface area contributed by atoms with Crippen LogP contribution in [0, 0.1) is 0 Å². The Hall–Kier alpha value is -1.86. The van der Waals surface area contributed by atoms with Crippen molar-refractivity contribution in [1.29, 1.82) is 0 Å². The summed E-state index contributed by atoms with van der Waals surface area (Å²) >= 11 is 7.28. The number of aryl methyl sites for hydroxylation is 1. The van der Waals surface area contributed by atoms with Crippen LogP contribution in [0.5, 0.6) is 11.5 Å². The van der Waals surface area contributed by atoms with Crippen molar-refractivity contribution in [3.8, 4) is 11.5 Å². The molecular formula is C14H14ClN3O3S. The van der Waals surface area contributed by atoms with Crippen LogP contribution in [-0.4, -0.2) is 28.7 Å². The molecule has 6 nitrogen and oxygen atoms in total. The van der Waals surface area contributed by atoms with Gasteiger partial charge in [-0.1, -0.05) is 23.0 Å². The maximum absolute atomic E-state index is 12.3. The molecule has 1 aromatic heterocycles. The molecule has 1 aliphatic heterocycles. The van der Waals surface area contributed by atoms with Gasteiger partial charge in [-0.05, 0) is 18.0 Å². The van der Waals surface area contributed by atoms with Crippen molar-refractivity contribution >= 4 is 34.7 Å². The van der Waals surface area contributed by atoms with Crippen LogP contribution in [0.4, 0.5) is 5.69 Å². The first kappa shape index (κ1) is 15.1. The second-order valence-electron chi connectivity index (χ2n) is 4.69. The van der Waals surface area contributed by atoms with E-state index < -0.39 is 0 Å². The van der Waals surface area contributed by atoms with Crippen LogP contribution in [0.1, 0.15) is 28.7 Å². The molecule has 22 heavy (non-hydrogen) atoms. The van der Waals surface area contributed by atoms with E-state index in [1.165, 1.54) is 0 Å². The van der Waals surface area contributed by atoms with Crippen LogP contribution in [0.3, 0.4) is 0 Å². The van der Waals surface area contributed by atoms with Gasteiger partial charge in [0.15, 0.2) is 11.5 Å². The quantitative estimate of drug-likeness (QED) is 0.929. The molecular weight excluding hydrogens is 326 g/mol. The minimum Gasteiger partial charge on any atom is -0.490 e. The normalized spacial score (nSPS) is 13.5. The van der Waals surface area contributed by atoms with Crippen LogP contribution in [0.25, 0.3) is 0 Å². The van der Waals surface area contributed by atoms with Crippen LogP contribution in [0.15, 0.2) is 12.1 Å². The van der Waals surface area contributed by atoms with Gasteiger partial charge in [0, 0.05) is 18.6 Å². The molecule has 0 saturated carbocycles. The van der Waals surface area contributed by atoms with Crippen molar-refractivity contribution in [1.82, 2.24) is 9.59 Å². The number of hydrogen-bond donors (Lipinski definition) is 1. The second kappa shape index (κ2) is 6.50. The number of ether oxygens (including phenoxy) is 2. The van der Waals surface area contributed by atoms with E-state index in [9.17, 15) is 4.79 Å². The number of carbonyl (C=O) groups excluding carboxylic acids is 1. The Balaban J connectivity index is 1.86. The Bertz CT molecular complexity index is 705. The summed E-state index contributed by atoms with van der Waals surface area (Å²) in [7, 11) is 0. The minimum atomic E-state index is -0.275. The average molecular weight is 340 g/mol. The molecule has 0 saturated heterocycles. The summed E-state index contributed by atoms with van der Waals surface area (Å²) in [6, 6.07) is 3.34. The first-order valence-corrected chi connectivity index (χ1v) is 8.06. The third kappa shape index (κ3) is 3.00. The molecule has 0 aliphatic carbocycles. The number of anilines is 1. The number of nitrogens with zero attached hydrogens (tertiary/aromatic N) is 2. The number of rotatable bonds is 3. The van der Waals surface area contributed by atoms with E-state index in [2.05, 4.69) is 14.9 Å². The van der Waals surface area contributed by atoms with Crippen LogP contribution in [0.2, 0.25) is 5.02 Å². The third-order valence-electron chi connectivity index (χ3n) is 3.18. The number of hydrogen-bond acceptors (Lipinski definition) is 6. The first-order valence-electron chi connectivity index (χ1n) is 6.90. The maximum atomic E-state index is 12.3. The van der Waals surface area contributed by atoms with Crippen molar-refractivity contribution in [2.24, 2.45) is 0 Å². The fraction of sp³-hybridized carbons (Fsp3) is 0.357. The molecule has 0 atom stereocenters. The fourth-order valence-corrected chi connectivity index (χ4v) is 2.92. The fourth-order valence-electron chi connectivity index (χ4n) is 2.07. The first-order chi connectivity index (χ1) is 10.7. The van der Waals surface area contributed by atoms with E-state index in [-0.39, 0.29) is 5.91 Å². The number of benzene rings is 1. The molecule has 0 unspecified atom stereocenters. The summed E-state index contributed by atoms with van der Waals surface area (Å²) in [6.07, 6.45) is 1.45. The van der Waals surface area contributed by atoms with Crippen molar-refractivity contribution < 1.29 is 14.3 Å². The molecule has 0 bridgehead atoms. The number of amides is 1. The van der Waals surface area contributed by atoms with E-state index in [0.717, 1.165) is 18.0 Å². The molecule has 1 aliphatic rings. The summed E-state index contributed by atoms with van der Waals surface area (Å²) in [4.78, 5) is 12.8. The van der Waals surface area contributed by atoms with E-state index in [1.807, 2.05) is 6.92 Å². The number of halogens is 1. The van der Waals surface area contributed by atoms with Crippen LogP contribution in [-0.2, 0) is 6.42 Å². The summed E-state index contributed by atoms with van der Waals surface area (Å²) < 4.78 is 15.0. The lowest BCUT2D eigenvalue weighted by Gasteiger charge is -2.12. The van der Waals surface area contributed by atoms with Gasteiger partial charge in [-0.3, -0.25) is 4.79 Å². The lowest BCUT2D eigenvalue weighted by Crippen LogP contribution is -2.13. The number of aromatic nitrogens is 2. The van der Waals surface area contributed by atoms with E-state index >= 15 is 0 Å². The van der Waals surface area contributed by atoms with Crippen molar-refractivity contribution in [2.75, 3.05) is 18.5 Å². The average Bonchev–Trinajstić information content (AvgIpc) is 2.88. The van der Waals surface area contributed by atoms with E-state index in [1.54, 1.807) is 12.1 Å². The zero-order chi connectivity index (χ0) is 15.5. The predicted molar refractivity (Wildman–Crippen MR) is 84.3 cm³/mol. The Morgan fingerprint density at radius 1 is 1.36 bits per heavy atom. The van der Waals surface area contributed by atoms with Gasteiger partial charge in [0.05, 0.1) is 29.6 Å². The monoisotopic (exact) mass is 339 g/mol. The summed E-state index contributed by atoms with van der Waals surface area (Å²) in [5, 5.41) is 7.11. The van der Waals surface area contributed by atoms with Gasteiger partial charge in [-0.2, -0.15) is 0 Å². The molecule has 0 fully saturated rings. The molecule has 1 amide bonds. The van der Waals surface area contributed by atoms with Crippen molar-refractivity contribution in [3.63, 3.8) is 0 Å². The number of fused-ring (bicyclic) bond motifs is 1. The van der Waals surface area contributed by atoms with E-state index in [4.69, 9.17) is 21.1 Å². The van der Waals surface area contributed by atoms with Gasteiger partial charge in [0.2, 0.25) is 0 Å². The smallest absolute Gasteiger partial charge is 0.269 e. The third-order valence-corrected chi connectivity index (χ3v) is 4.26. The summed E-state index contributed by atoms with van der Waals surface area (Å²) in [5.74, 6) is 0.896. The summed E-state index contributed by atoms with van der Waals surface area (Å²) in [5.41, 5.74) is 1.15. The van der Waals surface area contributed by atoms with Gasteiger partial charge in [-0.15, -0.1) is 5.10 Å². The van der Waals surface area contributed by atoms with Gasteiger partial charge in [0.1, 0.15) is 4.88 Å². The van der Waals surface area contributed by atoms with Crippen LogP contribution >= 0.6 is 23.1 Å². The SMILES string of the molecule is CCc1nnsc1C(=O)Nc1cc2c(cc1Cl)OCCCO2. The van der Waals surface area contributed by atoms with Crippen molar-refractivity contribution in [3.05, 3.63) is 27.7 Å². The highest BCUT2D eigenvalue weighted by Crippen LogP contribution is 2.37. The molecule has 8 heteroatoms. The molecule has 1 N–H and O–H groups in total. The predicted octanol–water partition coefficient (Wildman–Crippen LogP) is 3.17. The van der Waals surface area contributed by atoms with Gasteiger partial charge >= 0.3 is 0 Å². The standard InChI is InChI=1S/C14H14ClN3O3S/c1-2-9-13(22-18-17-9)14(19)16-10-7-12-11(6-8(10)15)20-4-3-5-21-12/h6-7H,2-5H2,1H3,(H,16,19). The Labute approximate surface area is 136 Å². The second-order valence-corrected chi connectivity index (χ2v) is 5.85.